The SMILES string of the molecule is CNC(=O)c1c(-c2ccc(F)cc2)oc2cc([N+](=O)[O-])c(-c3cc(C(=O)NC4(c5ccccc5)CC4)ccc3OC)cc12. The van der Waals surface area contributed by atoms with Crippen LogP contribution in [0.15, 0.2) is 89.3 Å². The van der Waals surface area contributed by atoms with Gasteiger partial charge in [-0.2, -0.15) is 0 Å². The van der Waals surface area contributed by atoms with Gasteiger partial charge in [0, 0.05) is 29.1 Å². The maximum atomic E-state index is 13.6. The number of nitrogens with one attached hydrogen (secondary N) is 2. The second-order valence-electron chi connectivity index (χ2n) is 10.3. The molecule has 1 aliphatic rings. The Balaban J connectivity index is 1.49. The van der Waals surface area contributed by atoms with Gasteiger partial charge >= 0.3 is 0 Å². The molecule has 6 rings (SSSR count). The Hall–Kier alpha value is -5.51. The third-order valence-corrected chi connectivity index (χ3v) is 7.74. The van der Waals surface area contributed by atoms with Crippen LogP contribution in [0.2, 0.25) is 0 Å². The summed E-state index contributed by atoms with van der Waals surface area (Å²) in [5.41, 5.74) is 1.60. The highest BCUT2D eigenvalue weighted by molar-refractivity contribution is 6.12. The molecule has 0 radical (unpaired) electrons. The molecule has 216 valence electrons. The van der Waals surface area contributed by atoms with Crippen molar-refractivity contribution in [2.24, 2.45) is 0 Å². The molecule has 0 saturated heterocycles. The maximum Gasteiger partial charge on any atom is 0.281 e. The maximum absolute atomic E-state index is 13.6. The van der Waals surface area contributed by atoms with Gasteiger partial charge in [0.2, 0.25) is 0 Å². The zero-order valence-electron chi connectivity index (χ0n) is 23.3. The summed E-state index contributed by atoms with van der Waals surface area (Å²) < 4.78 is 25.2. The molecule has 5 aromatic rings. The number of fused-ring (bicyclic) bond motifs is 1. The van der Waals surface area contributed by atoms with Crippen LogP contribution in [0.5, 0.6) is 5.75 Å². The Labute approximate surface area is 245 Å². The number of hydrogen-bond donors (Lipinski definition) is 2. The van der Waals surface area contributed by atoms with Crippen molar-refractivity contribution in [3.8, 4) is 28.2 Å². The summed E-state index contributed by atoms with van der Waals surface area (Å²) in [5.74, 6) is -0.856. The number of benzene rings is 4. The van der Waals surface area contributed by atoms with Gasteiger partial charge < -0.3 is 19.8 Å². The predicted octanol–water partition coefficient (Wildman–Crippen LogP) is 6.60. The molecule has 2 N–H and O–H groups in total. The van der Waals surface area contributed by atoms with Crippen LogP contribution in [-0.4, -0.2) is 30.9 Å². The van der Waals surface area contributed by atoms with Crippen LogP contribution in [0.4, 0.5) is 10.1 Å². The van der Waals surface area contributed by atoms with E-state index in [0.717, 1.165) is 18.4 Å². The summed E-state index contributed by atoms with van der Waals surface area (Å²) >= 11 is 0. The fourth-order valence-corrected chi connectivity index (χ4v) is 5.37. The number of hydrogen-bond acceptors (Lipinski definition) is 6. The minimum Gasteiger partial charge on any atom is -0.496 e. The zero-order valence-corrected chi connectivity index (χ0v) is 23.3. The van der Waals surface area contributed by atoms with Crippen LogP contribution in [0.25, 0.3) is 33.4 Å². The van der Waals surface area contributed by atoms with E-state index in [1.165, 1.54) is 50.6 Å². The van der Waals surface area contributed by atoms with E-state index in [2.05, 4.69) is 10.6 Å². The number of nitrogens with zero attached hydrogens (tertiary/aromatic N) is 1. The van der Waals surface area contributed by atoms with Gasteiger partial charge in [0.1, 0.15) is 22.9 Å². The molecular weight excluding hydrogens is 553 g/mol. The van der Waals surface area contributed by atoms with E-state index in [1.54, 1.807) is 18.2 Å². The van der Waals surface area contributed by atoms with Gasteiger partial charge in [0.25, 0.3) is 17.5 Å². The smallest absolute Gasteiger partial charge is 0.281 e. The molecule has 0 unspecified atom stereocenters. The standard InChI is InChI=1S/C33H26FN3O6/c1-35-32(39)29-25-17-23(26(37(40)41)18-28(25)43-30(29)19-8-11-22(34)12-9-19)24-16-20(10-13-27(24)42-2)31(38)36-33(14-15-33)21-6-4-3-5-7-21/h3-13,16-18H,14-15H2,1-2H3,(H,35,39)(H,36,38). The monoisotopic (exact) mass is 579 g/mol. The number of methoxy groups -OCH3 is 1. The molecule has 1 fully saturated rings. The average molecular weight is 580 g/mol. The van der Waals surface area contributed by atoms with E-state index < -0.39 is 22.2 Å². The van der Waals surface area contributed by atoms with Gasteiger partial charge in [0.15, 0.2) is 0 Å². The quantitative estimate of drug-likeness (QED) is 0.158. The highest BCUT2D eigenvalue weighted by Crippen LogP contribution is 2.46. The van der Waals surface area contributed by atoms with Crippen molar-refractivity contribution in [3.05, 3.63) is 118 Å². The summed E-state index contributed by atoms with van der Waals surface area (Å²) in [6.45, 7) is 0. The summed E-state index contributed by atoms with van der Waals surface area (Å²) in [4.78, 5) is 38.3. The Morgan fingerprint density at radius 3 is 2.30 bits per heavy atom. The number of carbonyl (C=O) groups excluding carboxylic acids is 2. The van der Waals surface area contributed by atoms with Gasteiger partial charge in [-0.25, -0.2) is 4.39 Å². The van der Waals surface area contributed by atoms with E-state index in [-0.39, 0.29) is 39.6 Å². The number of furan rings is 1. The molecule has 0 spiro atoms. The highest BCUT2D eigenvalue weighted by Gasteiger charge is 2.45. The van der Waals surface area contributed by atoms with Crippen molar-refractivity contribution in [1.82, 2.24) is 10.6 Å². The van der Waals surface area contributed by atoms with E-state index >= 15 is 0 Å². The third-order valence-electron chi connectivity index (χ3n) is 7.74. The number of carbonyl (C=O) groups is 2. The van der Waals surface area contributed by atoms with Crippen molar-refractivity contribution in [3.63, 3.8) is 0 Å². The van der Waals surface area contributed by atoms with Gasteiger partial charge in [-0.15, -0.1) is 0 Å². The molecule has 1 aliphatic carbocycles. The molecule has 0 atom stereocenters. The summed E-state index contributed by atoms with van der Waals surface area (Å²) in [5, 5.41) is 18.3. The van der Waals surface area contributed by atoms with Gasteiger partial charge in [-0.1, -0.05) is 30.3 Å². The fraction of sp³-hybridized carbons (Fsp3) is 0.152. The molecule has 43 heavy (non-hydrogen) atoms. The van der Waals surface area contributed by atoms with Gasteiger partial charge in [0.05, 0.1) is 34.8 Å². The van der Waals surface area contributed by atoms with Crippen molar-refractivity contribution < 1.29 is 28.1 Å². The summed E-state index contributed by atoms with van der Waals surface area (Å²) in [6.07, 6.45) is 1.60. The summed E-state index contributed by atoms with van der Waals surface area (Å²) in [6, 6.07) is 22.5. The number of ether oxygens (including phenoxy) is 1. The molecule has 2 amide bonds. The van der Waals surface area contributed by atoms with Crippen LogP contribution < -0.4 is 15.4 Å². The van der Waals surface area contributed by atoms with Gasteiger partial charge in [-0.05, 0) is 66.9 Å². The Morgan fingerprint density at radius 1 is 0.953 bits per heavy atom. The lowest BCUT2D eigenvalue weighted by Gasteiger charge is -2.19. The van der Waals surface area contributed by atoms with E-state index in [0.29, 0.717) is 22.3 Å². The van der Waals surface area contributed by atoms with Crippen molar-refractivity contribution in [2.75, 3.05) is 14.2 Å². The number of halogens is 1. The van der Waals surface area contributed by atoms with Crippen molar-refractivity contribution in [2.45, 2.75) is 18.4 Å². The fourth-order valence-electron chi connectivity index (χ4n) is 5.37. The second-order valence-corrected chi connectivity index (χ2v) is 10.3. The topological polar surface area (TPSA) is 124 Å². The van der Waals surface area contributed by atoms with E-state index in [9.17, 15) is 24.1 Å². The Bertz CT molecular complexity index is 1900. The number of amides is 2. The lowest BCUT2D eigenvalue weighted by molar-refractivity contribution is -0.384. The lowest BCUT2D eigenvalue weighted by Crippen LogP contribution is -2.34. The first-order valence-corrected chi connectivity index (χ1v) is 13.5. The van der Waals surface area contributed by atoms with Crippen LogP contribution in [0.1, 0.15) is 39.1 Å². The third kappa shape index (κ3) is 4.97. The van der Waals surface area contributed by atoms with Gasteiger partial charge in [-0.3, -0.25) is 19.7 Å². The molecule has 0 aliphatic heterocycles. The number of nitro benzene ring substituents is 1. The molecule has 1 saturated carbocycles. The minimum absolute atomic E-state index is 0.0970. The van der Waals surface area contributed by atoms with Crippen LogP contribution in [-0.2, 0) is 5.54 Å². The normalized spacial score (nSPS) is 13.4. The summed E-state index contributed by atoms with van der Waals surface area (Å²) in [7, 11) is 2.88. The number of nitro groups is 1. The Morgan fingerprint density at radius 2 is 1.67 bits per heavy atom. The van der Waals surface area contributed by atoms with Crippen LogP contribution in [0, 0.1) is 15.9 Å². The largest absolute Gasteiger partial charge is 0.496 e. The highest BCUT2D eigenvalue weighted by atomic mass is 19.1. The first kappa shape index (κ1) is 27.6. The molecule has 0 bridgehead atoms. The van der Waals surface area contributed by atoms with E-state index in [1.807, 2.05) is 30.3 Å². The molecule has 1 heterocycles. The lowest BCUT2D eigenvalue weighted by atomic mass is 9.96. The zero-order chi connectivity index (χ0) is 30.3. The second kappa shape index (κ2) is 10.7. The average Bonchev–Trinajstić information content (AvgIpc) is 3.72. The Kier molecular flexibility index (Phi) is 6.89. The number of rotatable bonds is 8. The molecular formula is C33H26FN3O6. The van der Waals surface area contributed by atoms with Crippen molar-refractivity contribution in [1.29, 1.82) is 0 Å². The van der Waals surface area contributed by atoms with E-state index in [4.69, 9.17) is 9.15 Å². The van der Waals surface area contributed by atoms with Crippen molar-refractivity contribution >= 4 is 28.5 Å². The molecule has 10 heteroatoms. The van der Waals surface area contributed by atoms with Crippen LogP contribution >= 0.6 is 0 Å². The predicted molar refractivity (Wildman–Crippen MR) is 158 cm³/mol. The molecule has 4 aromatic carbocycles. The molecule has 1 aromatic heterocycles. The van der Waals surface area contributed by atoms with Crippen LogP contribution in [0.3, 0.4) is 0 Å². The first-order chi connectivity index (χ1) is 20.7. The molecule has 9 nitrogen and oxygen atoms in total. The minimum atomic E-state index is -0.560. The first-order valence-electron chi connectivity index (χ1n) is 13.5.